The number of halogens is 1. The van der Waals surface area contributed by atoms with Gasteiger partial charge in [0.05, 0.1) is 10.7 Å². The van der Waals surface area contributed by atoms with Crippen LogP contribution in [0.1, 0.15) is 0 Å². The van der Waals surface area contributed by atoms with Crippen molar-refractivity contribution in [3.8, 4) is 11.5 Å². The molecular weight excluding hydrogens is 210 g/mol. The van der Waals surface area contributed by atoms with E-state index in [-0.39, 0.29) is 0 Å². The predicted octanol–water partition coefficient (Wildman–Crippen LogP) is 4.19. The minimum atomic E-state index is 0.669. The highest BCUT2D eigenvalue weighted by molar-refractivity contribution is 6.33. The molecule has 0 aliphatic carbocycles. The summed E-state index contributed by atoms with van der Waals surface area (Å²) >= 11 is 6.07. The van der Waals surface area contributed by atoms with Gasteiger partial charge in [-0.25, -0.2) is 0 Å². The molecule has 1 N–H and O–H groups in total. The van der Waals surface area contributed by atoms with Gasteiger partial charge >= 0.3 is 0 Å². The molecule has 1 heterocycles. The topological polar surface area (TPSA) is 21.3 Å². The molecule has 0 saturated heterocycles. The second-order valence-electron chi connectivity index (χ2n) is 3.34. The molecule has 3 heteroatoms. The first-order chi connectivity index (χ1) is 7.34. The molecule has 3 rings (SSSR count). The van der Waals surface area contributed by atoms with Gasteiger partial charge < -0.3 is 10.1 Å². The van der Waals surface area contributed by atoms with Gasteiger partial charge in [0, 0.05) is 0 Å². The molecule has 0 unspecified atom stereocenters. The van der Waals surface area contributed by atoms with Crippen molar-refractivity contribution in [2.75, 3.05) is 5.32 Å². The zero-order valence-electron chi connectivity index (χ0n) is 7.83. The lowest BCUT2D eigenvalue weighted by Gasteiger charge is -2.22. The summed E-state index contributed by atoms with van der Waals surface area (Å²) < 4.78 is 5.71. The first-order valence-electron chi connectivity index (χ1n) is 4.67. The first-order valence-corrected chi connectivity index (χ1v) is 5.05. The monoisotopic (exact) mass is 217 g/mol. The van der Waals surface area contributed by atoms with Crippen LogP contribution in [0.15, 0.2) is 42.5 Å². The van der Waals surface area contributed by atoms with Crippen molar-refractivity contribution in [3.05, 3.63) is 47.5 Å². The molecule has 0 amide bonds. The van der Waals surface area contributed by atoms with Crippen molar-refractivity contribution in [3.63, 3.8) is 0 Å². The summed E-state index contributed by atoms with van der Waals surface area (Å²) in [6, 6.07) is 13.4. The largest absolute Gasteiger partial charge is 0.453 e. The van der Waals surface area contributed by atoms with E-state index < -0.39 is 0 Å². The Labute approximate surface area is 92.4 Å². The number of para-hydroxylation sites is 3. The molecule has 1 aliphatic heterocycles. The Bertz CT molecular complexity index is 525. The lowest BCUT2D eigenvalue weighted by molar-refractivity contribution is 0.481. The quantitative estimate of drug-likeness (QED) is 0.610. The van der Waals surface area contributed by atoms with Crippen LogP contribution in [-0.2, 0) is 0 Å². The second kappa shape index (κ2) is 3.17. The zero-order valence-corrected chi connectivity index (χ0v) is 8.58. The molecule has 15 heavy (non-hydrogen) atoms. The molecule has 0 atom stereocenters. The molecule has 0 radical (unpaired) electrons. The Morgan fingerprint density at radius 3 is 2.67 bits per heavy atom. The second-order valence-corrected chi connectivity index (χ2v) is 3.74. The number of nitrogens with one attached hydrogen (secondary N) is 1. The molecule has 74 valence electrons. The predicted molar refractivity (Wildman–Crippen MR) is 61.3 cm³/mol. The molecule has 0 saturated carbocycles. The van der Waals surface area contributed by atoms with Gasteiger partial charge in [-0.15, -0.1) is 0 Å². The van der Waals surface area contributed by atoms with E-state index in [9.17, 15) is 0 Å². The van der Waals surface area contributed by atoms with E-state index in [1.807, 2.05) is 42.5 Å². The van der Waals surface area contributed by atoms with Gasteiger partial charge in [0.15, 0.2) is 11.5 Å². The summed E-state index contributed by atoms with van der Waals surface area (Å²) in [5.41, 5.74) is 1.77. The number of rotatable bonds is 0. The molecule has 0 fully saturated rings. The standard InChI is InChI=1S/C12H8ClNO/c13-8-4-3-7-11-12(8)14-9-5-1-2-6-10(9)15-11/h1-7,14H. The van der Waals surface area contributed by atoms with E-state index in [2.05, 4.69) is 5.32 Å². The van der Waals surface area contributed by atoms with Crippen LogP contribution in [0, 0.1) is 0 Å². The zero-order chi connectivity index (χ0) is 10.3. The summed E-state index contributed by atoms with van der Waals surface area (Å²) in [5, 5.41) is 3.92. The minimum Gasteiger partial charge on any atom is -0.453 e. The third-order valence-corrected chi connectivity index (χ3v) is 2.66. The Morgan fingerprint density at radius 1 is 0.933 bits per heavy atom. The van der Waals surface area contributed by atoms with Gasteiger partial charge in [-0.05, 0) is 24.3 Å². The number of fused-ring (bicyclic) bond motifs is 2. The number of anilines is 2. The average Bonchev–Trinajstić information content (AvgIpc) is 2.27. The van der Waals surface area contributed by atoms with Crippen LogP contribution in [0.25, 0.3) is 0 Å². The van der Waals surface area contributed by atoms with Crippen LogP contribution in [-0.4, -0.2) is 0 Å². The van der Waals surface area contributed by atoms with Crippen molar-refractivity contribution in [2.24, 2.45) is 0 Å². The number of hydrogen-bond donors (Lipinski definition) is 1. The highest BCUT2D eigenvalue weighted by Gasteiger charge is 2.17. The SMILES string of the molecule is Clc1cccc2c1Nc1ccccc1O2. The minimum absolute atomic E-state index is 0.669. The molecular formula is C12H8ClNO. The molecule has 2 aromatic carbocycles. The van der Waals surface area contributed by atoms with E-state index in [0.717, 1.165) is 22.9 Å². The highest BCUT2D eigenvalue weighted by Crippen LogP contribution is 2.44. The maximum Gasteiger partial charge on any atom is 0.152 e. The molecule has 2 nitrogen and oxygen atoms in total. The first kappa shape index (κ1) is 8.62. The molecule has 0 aromatic heterocycles. The summed E-state index contributed by atoms with van der Waals surface area (Å²) in [6.07, 6.45) is 0. The van der Waals surface area contributed by atoms with Crippen LogP contribution < -0.4 is 10.1 Å². The Hall–Kier alpha value is -1.67. The fraction of sp³-hybridized carbons (Fsp3) is 0. The average molecular weight is 218 g/mol. The van der Waals surface area contributed by atoms with E-state index in [1.54, 1.807) is 0 Å². The lowest BCUT2D eigenvalue weighted by atomic mass is 10.2. The van der Waals surface area contributed by atoms with Gasteiger partial charge in [0.1, 0.15) is 5.69 Å². The Kier molecular flexibility index (Phi) is 1.82. The Morgan fingerprint density at radius 2 is 1.73 bits per heavy atom. The van der Waals surface area contributed by atoms with Crippen molar-refractivity contribution >= 4 is 23.0 Å². The van der Waals surface area contributed by atoms with Gasteiger partial charge in [-0.1, -0.05) is 29.8 Å². The smallest absolute Gasteiger partial charge is 0.152 e. The molecule has 0 bridgehead atoms. The van der Waals surface area contributed by atoms with Crippen molar-refractivity contribution in [1.29, 1.82) is 0 Å². The van der Waals surface area contributed by atoms with Gasteiger partial charge in [0.2, 0.25) is 0 Å². The van der Waals surface area contributed by atoms with Gasteiger partial charge in [-0.3, -0.25) is 0 Å². The van der Waals surface area contributed by atoms with E-state index in [0.29, 0.717) is 5.02 Å². The third kappa shape index (κ3) is 1.34. The number of hydrogen-bond acceptors (Lipinski definition) is 2. The highest BCUT2D eigenvalue weighted by atomic mass is 35.5. The summed E-state index contributed by atoms with van der Waals surface area (Å²) in [7, 11) is 0. The third-order valence-electron chi connectivity index (χ3n) is 2.34. The molecule has 1 aliphatic rings. The maximum absolute atomic E-state index is 6.07. The van der Waals surface area contributed by atoms with E-state index in [1.165, 1.54) is 0 Å². The molecule has 2 aromatic rings. The van der Waals surface area contributed by atoms with Gasteiger partial charge in [0.25, 0.3) is 0 Å². The van der Waals surface area contributed by atoms with E-state index in [4.69, 9.17) is 16.3 Å². The fourth-order valence-corrected chi connectivity index (χ4v) is 1.84. The lowest BCUT2D eigenvalue weighted by Crippen LogP contribution is -2.02. The van der Waals surface area contributed by atoms with E-state index >= 15 is 0 Å². The number of ether oxygens (including phenoxy) is 1. The summed E-state index contributed by atoms with van der Waals surface area (Å²) in [6.45, 7) is 0. The van der Waals surface area contributed by atoms with Crippen LogP contribution >= 0.6 is 11.6 Å². The van der Waals surface area contributed by atoms with Crippen molar-refractivity contribution < 1.29 is 4.74 Å². The van der Waals surface area contributed by atoms with Crippen molar-refractivity contribution in [1.82, 2.24) is 0 Å². The summed E-state index contributed by atoms with van der Waals surface area (Å²) in [5.74, 6) is 1.59. The Balaban J connectivity index is 2.15. The van der Waals surface area contributed by atoms with Gasteiger partial charge in [-0.2, -0.15) is 0 Å². The summed E-state index contributed by atoms with van der Waals surface area (Å²) in [4.78, 5) is 0. The van der Waals surface area contributed by atoms with Crippen LogP contribution in [0.4, 0.5) is 11.4 Å². The van der Waals surface area contributed by atoms with Crippen LogP contribution in [0.5, 0.6) is 11.5 Å². The molecule has 0 spiro atoms. The van der Waals surface area contributed by atoms with Crippen LogP contribution in [0.2, 0.25) is 5.02 Å². The maximum atomic E-state index is 6.07. The van der Waals surface area contributed by atoms with Crippen LogP contribution in [0.3, 0.4) is 0 Å². The fourth-order valence-electron chi connectivity index (χ4n) is 1.62. The number of benzene rings is 2. The normalized spacial score (nSPS) is 12.1. The van der Waals surface area contributed by atoms with Crippen molar-refractivity contribution in [2.45, 2.75) is 0 Å².